The highest BCUT2D eigenvalue weighted by Gasteiger charge is 2.20. The number of anilines is 1. The molecule has 0 unspecified atom stereocenters. The summed E-state index contributed by atoms with van der Waals surface area (Å²) in [6.45, 7) is 2.16. The van der Waals surface area contributed by atoms with Crippen molar-refractivity contribution in [3.63, 3.8) is 0 Å². The molecule has 0 aliphatic heterocycles. The van der Waals surface area contributed by atoms with Crippen LogP contribution in [0.5, 0.6) is 0 Å². The van der Waals surface area contributed by atoms with Crippen molar-refractivity contribution in [2.75, 3.05) is 5.43 Å². The second kappa shape index (κ2) is 4.52. The third kappa shape index (κ3) is 1.71. The number of nitrogens with zero attached hydrogens (tertiary/aromatic N) is 1. The third-order valence-electron chi connectivity index (χ3n) is 3.69. The SMILES string of the molecule is CCc1cc(Br)cc2c(NN)c3c(nc12)CCC3. The van der Waals surface area contributed by atoms with E-state index in [2.05, 4.69) is 40.4 Å². The molecule has 3 nitrogen and oxygen atoms in total. The maximum atomic E-state index is 5.74. The Hall–Kier alpha value is -1.13. The number of rotatable bonds is 2. The van der Waals surface area contributed by atoms with Gasteiger partial charge in [0.05, 0.1) is 11.2 Å². The minimum absolute atomic E-state index is 0.978. The summed E-state index contributed by atoms with van der Waals surface area (Å²) in [6, 6.07) is 4.26. The zero-order chi connectivity index (χ0) is 12.7. The molecule has 18 heavy (non-hydrogen) atoms. The molecule has 94 valence electrons. The number of hydrazine groups is 1. The molecule has 0 atom stereocenters. The lowest BCUT2D eigenvalue weighted by Crippen LogP contribution is -2.11. The molecule has 1 aromatic carbocycles. The van der Waals surface area contributed by atoms with E-state index < -0.39 is 0 Å². The quantitative estimate of drug-likeness (QED) is 0.661. The van der Waals surface area contributed by atoms with E-state index in [1.54, 1.807) is 0 Å². The van der Waals surface area contributed by atoms with Crippen LogP contribution in [0.4, 0.5) is 5.69 Å². The Labute approximate surface area is 115 Å². The molecule has 2 aromatic rings. The average Bonchev–Trinajstić information content (AvgIpc) is 2.83. The molecule has 0 saturated carbocycles. The van der Waals surface area contributed by atoms with Crippen molar-refractivity contribution in [3.8, 4) is 0 Å². The number of fused-ring (bicyclic) bond motifs is 2. The number of nitrogen functional groups attached to an aromatic ring is 1. The average molecular weight is 306 g/mol. The summed E-state index contributed by atoms with van der Waals surface area (Å²) in [5.41, 5.74) is 8.82. The van der Waals surface area contributed by atoms with Crippen LogP contribution in [0.2, 0.25) is 0 Å². The van der Waals surface area contributed by atoms with Crippen molar-refractivity contribution >= 4 is 32.5 Å². The third-order valence-corrected chi connectivity index (χ3v) is 4.14. The first-order chi connectivity index (χ1) is 8.74. The van der Waals surface area contributed by atoms with Crippen LogP contribution < -0.4 is 11.3 Å². The predicted molar refractivity (Wildman–Crippen MR) is 78.7 cm³/mol. The van der Waals surface area contributed by atoms with E-state index in [9.17, 15) is 0 Å². The molecule has 3 N–H and O–H groups in total. The number of nitrogens with one attached hydrogen (secondary N) is 1. The normalized spacial score (nSPS) is 13.9. The van der Waals surface area contributed by atoms with E-state index in [4.69, 9.17) is 10.8 Å². The van der Waals surface area contributed by atoms with E-state index in [0.29, 0.717) is 0 Å². The van der Waals surface area contributed by atoms with Gasteiger partial charge in [-0.3, -0.25) is 10.8 Å². The van der Waals surface area contributed by atoms with Crippen LogP contribution in [0.15, 0.2) is 16.6 Å². The monoisotopic (exact) mass is 305 g/mol. The molecule has 0 spiro atoms. The van der Waals surface area contributed by atoms with E-state index >= 15 is 0 Å². The molecule has 1 aromatic heterocycles. The number of aryl methyl sites for hydroxylation is 2. The first-order valence-electron chi connectivity index (χ1n) is 6.35. The standard InChI is InChI=1S/C14H16BrN3/c1-2-8-6-9(15)7-11-13(8)17-12-5-3-4-10(12)14(11)18-16/h6-7H,2-5,16H2,1H3,(H,17,18). The summed E-state index contributed by atoms with van der Waals surface area (Å²) >= 11 is 3.57. The molecule has 1 heterocycles. The summed E-state index contributed by atoms with van der Waals surface area (Å²) < 4.78 is 1.09. The Kier molecular flexibility index (Phi) is 2.99. The smallest absolute Gasteiger partial charge is 0.0759 e. The van der Waals surface area contributed by atoms with Crippen LogP contribution >= 0.6 is 15.9 Å². The molecular formula is C14H16BrN3. The van der Waals surface area contributed by atoms with Gasteiger partial charge in [0.15, 0.2) is 0 Å². The molecule has 0 fully saturated rings. The summed E-state index contributed by atoms with van der Waals surface area (Å²) in [5, 5.41) is 1.13. The Balaban J connectivity index is 2.42. The Bertz CT molecular complexity index is 622. The molecule has 0 bridgehead atoms. The van der Waals surface area contributed by atoms with Crippen molar-refractivity contribution in [1.82, 2.24) is 4.98 Å². The van der Waals surface area contributed by atoms with Crippen molar-refractivity contribution < 1.29 is 0 Å². The van der Waals surface area contributed by atoms with Gasteiger partial charge in [0.2, 0.25) is 0 Å². The maximum absolute atomic E-state index is 5.74. The van der Waals surface area contributed by atoms with Crippen LogP contribution in [0, 0.1) is 0 Å². The van der Waals surface area contributed by atoms with Gasteiger partial charge in [-0.1, -0.05) is 22.9 Å². The van der Waals surface area contributed by atoms with E-state index in [1.165, 1.54) is 23.2 Å². The fourth-order valence-corrected chi connectivity index (χ4v) is 3.34. The second-order valence-corrected chi connectivity index (χ2v) is 5.64. The van der Waals surface area contributed by atoms with Gasteiger partial charge in [0.25, 0.3) is 0 Å². The second-order valence-electron chi connectivity index (χ2n) is 4.72. The lowest BCUT2D eigenvalue weighted by molar-refractivity contribution is 0.901. The summed E-state index contributed by atoms with van der Waals surface area (Å²) in [6.07, 6.45) is 4.30. The van der Waals surface area contributed by atoms with Gasteiger partial charge in [0.1, 0.15) is 0 Å². The Morgan fingerprint density at radius 1 is 1.39 bits per heavy atom. The number of benzene rings is 1. The first-order valence-corrected chi connectivity index (χ1v) is 7.14. The van der Waals surface area contributed by atoms with Crippen LogP contribution in [0.1, 0.15) is 30.2 Å². The first kappa shape index (κ1) is 11.9. The molecule has 1 aliphatic carbocycles. The molecule has 1 aliphatic rings. The number of hydrogen-bond acceptors (Lipinski definition) is 3. The number of hydrogen-bond donors (Lipinski definition) is 2. The largest absolute Gasteiger partial charge is 0.323 e. The topological polar surface area (TPSA) is 50.9 Å². The Morgan fingerprint density at radius 2 is 2.22 bits per heavy atom. The van der Waals surface area contributed by atoms with Crippen LogP contribution in [0.3, 0.4) is 0 Å². The maximum Gasteiger partial charge on any atom is 0.0759 e. The minimum atomic E-state index is 0.978. The number of aromatic nitrogens is 1. The fourth-order valence-electron chi connectivity index (χ4n) is 2.83. The summed E-state index contributed by atoms with van der Waals surface area (Å²) in [4.78, 5) is 4.86. The predicted octanol–water partition coefficient (Wildman–Crippen LogP) is 3.33. The van der Waals surface area contributed by atoms with Crippen molar-refractivity contribution in [1.29, 1.82) is 0 Å². The number of halogens is 1. The van der Waals surface area contributed by atoms with Gasteiger partial charge >= 0.3 is 0 Å². The van der Waals surface area contributed by atoms with Gasteiger partial charge in [-0.15, -0.1) is 0 Å². The van der Waals surface area contributed by atoms with Gasteiger partial charge in [-0.05, 0) is 48.9 Å². The van der Waals surface area contributed by atoms with Crippen LogP contribution in [0.25, 0.3) is 10.9 Å². The van der Waals surface area contributed by atoms with Gasteiger partial charge < -0.3 is 5.43 Å². The van der Waals surface area contributed by atoms with Gasteiger partial charge in [-0.2, -0.15) is 0 Å². The lowest BCUT2D eigenvalue weighted by atomic mass is 10.0. The summed E-state index contributed by atoms with van der Waals surface area (Å²) in [7, 11) is 0. The zero-order valence-electron chi connectivity index (χ0n) is 10.4. The highest BCUT2D eigenvalue weighted by molar-refractivity contribution is 9.10. The van der Waals surface area contributed by atoms with Crippen LogP contribution in [-0.2, 0) is 19.3 Å². The molecule has 0 saturated heterocycles. The molecule has 0 radical (unpaired) electrons. The molecule has 3 rings (SSSR count). The van der Waals surface area contributed by atoms with E-state index in [1.807, 2.05) is 0 Å². The van der Waals surface area contributed by atoms with Crippen molar-refractivity contribution in [2.45, 2.75) is 32.6 Å². The fraction of sp³-hybridized carbons (Fsp3) is 0.357. The van der Waals surface area contributed by atoms with E-state index in [0.717, 1.165) is 40.3 Å². The summed E-state index contributed by atoms with van der Waals surface area (Å²) in [5.74, 6) is 5.74. The highest BCUT2D eigenvalue weighted by Crippen LogP contribution is 2.36. The van der Waals surface area contributed by atoms with E-state index in [-0.39, 0.29) is 0 Å². The van der Waals surface area contributed by atoms with Gasteiger partial charge in [-0.25, -0.2) is 0 Å². The van der Waals surface area contributed by atoms with Crippen molar-refractivity contribution in [2.24, 2.45) is 5.84 Å². The Morgan fingerprint density at radius 3 is 2.94 bits per heavy atom. The van der Waals surface area contributed by atoms with Crippen LogP contribution in [-0.4, -0.2) is 4.98 Å². The molecule has 0 amide bonds. The minimum Gasteiger partial charge on any atom is -0.323 e. The van der Waals surface area contributed by atoms with Crippen molar-refractivity contribution in [3.05, 3.63) is 33.4 Å². The lowest BCUT2D eigenvalue weighted by Gasteiger charge is -2.14. The number of pyridine rings is 1. The molecular weight excluding hydrogens is 290 g/mol. The molecule has 4 heteroatoms. The zero-order valence-corrected chi connectivity index (χ0v) is 12.0. The number of nitrogens with two attached hydrogens (primary N) is 1. The highest BCUT2D eigenvalue weighted by atomic mass is 79.9. The van der Waals surface area contributed by atoms with Gasteiger partial charge in [0, 0.05) is 15.6 Å².